The van der Waals surface area contributed by atoms with E-state index in [-0.39, 0.29) is 0 Å². The average molecular weight is 365 g/mol. The molecular weight excluding hydrogens is 348 g/mol. The number of aromatic nitrogens is 1. The number of rotatable bonds is 6. The molecule has 4 nitrogen and oxygen atoms in total. The second kappa shape index (κ2) is 6.82. The number of thiazole rings is 1. The van der Waals surface area contributed by atoms with Gasteiger partial charge in [0.2, 0.25) is 0 Å². The molecule has 3 heterocycles. The van der Waals surface area contributed by atoms with Crippen LogP contribution in [0.4, 0.5) is 10.8 Å². The van der Waals surface area contributed by atoms with Crippen molar-refractivity contribution in [2.75, 3.05) is 5.32 Å². The first-order valence-electron chi connectivity index (χ1n) is 7.16. The van der Waals surface area contributed by atoms with Crippen LogP contribution in [0.15, 0.2) is 29.0 Å². The normalized spacial score (nSPS) is 11.1. The maximum absolute atomic E-state index is 11.2. The number of carboxylic acids is 1. The van der Waals surface area contributed by atoms with Crippen molar-refractivity contribution in [1.29, 1.82) is 0 Å². The summed E-state index contributed by atoms with van der Waals surface area (Å²) in [7, 11) is 0. The zero-order valence-corrected chi connectivity index (χ0v) is 15.1. The van der Waals surface area contributed by atoms with Crippen molar-refractivity contribution in [3.63, 3.8) is 0 Å². The molecule has 120 valence electrons. The Morgan fingerprint density at radius 2 is 2.13 bits per heavy atom. The maximum Gasteiger partial charge on any atom is 0.348 e. The molecule has 0 fully saturated rings. The summed E-state index contributed by atoms with van der Waals surface area (Å²) in [5.74, 6) is -0.377. The van der Waals surface area contributed by atoms with Gasteiger partial charge in [0.25, 0.3) is 0 Å². The van der Waals surface area contributed by atoms with Gasteiger partial charge in [0, 0.05) is 4.88 Å². The minimum absolute atomic E-state index is 0.309. The summed E-state index contributed by atoms with van der Waals surface area (Å²) < 4.78 is 0. The topological polar surface area (TPSA) is 62.2 Å². The molecule has 0 saturated carbocycles. The van der Waals surface area contributed by atoms with E-state index in [0.29, 0.717) is 16.5 Å². The Kier molecular flexibility index (Phi) is 4.79. The zero-order chi connectivity index (χ0) is 16.4. The Morgan fingerprint density at radius 3 is 2.78 bits per heavy atom. The van der Waals surface area contributed by atoms with Crippen LogP contribution in [0.3, 0.4) is 0 Å². The molecule has 0 amide bonds. The molecule has 0 radical (unpaired) electrons. The first-order chi connectivity index (χ1) is 11.0. The molecule has 0 spiro atoms. The largest absolute Gasteiger partial charge is 0.477 e. The van der Waals surface area contributed by atoms with E-state index in [2.05, 4.69) is 25.2 Å². The summed E-state index contributed by atoms with van der Waals surface area (Å²) in [5, 5.41) is 16.9. The molecule has 3 rings (SSSR count). The molecule has 0 aliphatic heterocycles. The van der Waals surface area contributed by atoms with Crippen molar-refractivity contribution < 1.29 is 9.90 Å². The number of carboxylic acid groups (broad SMARTS) is 1. The average Bonchev–Trinajstić information content (AvgIpc) is 3.18. The molecule has 3 aromatic heterocycles. The second-order valence-corrected chi connectivity index (χ2v) is 8.41. The number of nitrogens with one attached hydrogen (secondary N) is 1. The van der Waals surface area contributed by atoms with Gasteiger partial charge >= 0.3 is 5.97 Å². The Balaban J connectivity index is 1.94. The van der Waals surface area contributed by atoms with Gasteiger partial charge in [-0.25, -0.2) is 9.78 Å². The third kappa shape index (κ3) is 3.63. The van der Waals surface area contributed by atoms with Crippen LogP contribution in [0, 0.1) is 5.92 Å². The van der Waals surface area contributed by atoms with Crippen molar-refractivity contribution >= 4 is 50.8 Å². The fourth-order valence-corrected chi connectivity index (χ4v) is 4.90. The molecular formula is C16H16N2O2S3. The number of aromatic carboxylic acids is 1. The lowest BCUT2D eigenvalue weighted by atomic mass is 10.1. The predicted molar refractivity (Wildman–Crippen MR) is 98.5 cm³/mol. The molecule has 0 aromatic carbocycles. The molecule has 0 aliphatic carbocycles. The van der Waals surface area contributed by atoms with E-state index in [9.17, 15) is 9.90 Å². The summed E-state index contributed by atoms with van der Waals surface area (Å²) in [6.45, 7) is 4.37. The summed E-state index contributed by atoms with van der Waals surface area (Å²) in [6, 6.07) is 5.87. The van der Waals surface area contributed by atoms with Crippen molar-refractivity contribution in [1.82, 2.24) is 4.98 Å². The number of hydrogen-bond donors (Lipinski definition) is 2. The number of nitrogens with zero attached hydrogens (tertiary/aromatic N) is 1. The molecule has 3 aromatic rings. The molecule has 0 aliphatic rings. The molecule has 23 heavy (non-hydrogen) atoms. The molecule has 2 N–H and O–H groups in total. The summed E-state index contributed by atoms with van der Waals surface area (Å²) in [5.41, 5.74) is 1.61. The van der Waals surface area contributed by atoms with Crippen molar-refractivity contribution in [3.05, 3.63) is 38.7 Å². The summed E-state index contributed by atoms with van der Waals surface area (Å²) in [6.07, 6.45) is 0.960. The van der Waals surface area contributed by atoms with Gasteiger partial charge in [-0.3, -0.25) is 0 Å². The Bertz CT molecular complexity index is 803. The second-order valence-electron chi connectivity index (χ2n) is 5.46. The van der Waals surface area contributed by atoms with Crippen LogP contribution in [0.25, 0.3) is 10.6 Å². The standard InChI is InChI=1S/C16H16N2O2S3/c1-9(2)8-12-13(11-4-3-6-21-11)18-16(23-12)17-10-5-7-22-14(10)15(19)20/h3-7,9H,8H2,1-2H3,(H,17,18)(H,19,20). The first kappa shape index (κ1) is 16.2. The minimum Gasteiger partial charge on any atom is -0.477 e. The summed E-state index contributed by atoms with van der Waals surface area (Å²) in [4.78, 5) is 18.6. The van der Waals surface area contributed by atoms with Gasteiger partial charge < -0.3 is 10.4 Å². The monoisotopic (exact) mass is 364 g/mol. The Morgan fingerprint density at radius 1 is 1.30 bits per heavy atom. The third-order valence-corrected chi connectivity index (χ3v) is 5.92. The highest BCUT2D eigenvalue weighted by atomic mass is 32.1. The lowest BCUT2D eigenvalue weighted by Gasteiger charge is -2.02. The zero-order valence-electron chi connectivity index (χ0n) is 12.7. The number of anilines is 2. The van der Waals surface area contributed by atoms with Crippen LogP contribution in [0.1, 0.15) is 28.4 Å². The van der Waals surface area contributed by atoms with E-state index < -0.39 is 5.97 Å². The highest BCUT2D eigenvalue weighted by molar-refractivity contribution is 7.17. The van der Waals surface area contributed by atoms with E-state index >= 15 is 0 Å². The van der Waals surface area contributed by atoms with E-state index in [0.717, 1.165) is 22.1 Å². The van der Waals surface area contributed by atoms with E-state index in [1.807, 2.05) is 11.4 Å². The first-order valence-corrected chi connectivity index (χ1v) is 9.73. The van der Waals surface area contributed by atoms with Crippen LogP contribution in [0.5, 0.6) is 0 Å². The van der Waals surface area contributed by atoms with Crippen molar-refractivity contribution in [2.24, 2.45) is 5.92 Å². The van der Waals surface area contributed by atoms with E-state index in [4.69, 9.17) is 4.98 Å². The predicted octanol–water partition coefficient (Wildman–Crippen LogP) is 5.57. The number of thiophene rings is 2. The summed E-state index contributed by atoms with van der Waals surface area (Å²) >= 11 is 4.48. The highest BCUT2D eigenvalue weighted by Gasteiger charge is 2.17. The van der Waals surface area contributed by atoms with Gasteiger partial charge in [0.05, 0.1) is 16.3 Å². The molecule has 0 bridgehead atoms. The molecule has 0 unspecified atom stereocenters. The molecule has 7 heteroatoms. The van der Waals surface area contributed by atoms with Crippen LogP contribution in [0.2, 0.25) is 0 Å². The van der Waals surface area contributed by atoms with Crippen molar-refractivity contribution in [3.8, 4) is 10.6 Å². The lowest BCUT2D eigenvalue weighted by Crippen LogP contribution is -1.98. The SMILES string of the molecule is CC(C)Cc1sc(Nc2ccsc2C(=O)O)nc1-c1cccs1. The van der Waals surface area contributed by atoms with Crippen LogP contribution in [-0.2, 0) is 6.42 Å². The fourth-order valence-electron chi connectivity index (χ4n) is 2.21. The van der Waals surface area contributed by atoms with Gasteiger partial charge in [-0.1, -0.05) is 19.9 Å². The van der Waals surface area contributed by atoms with Crippen molar-refractivity contribution in [2.45, 2.75) is 20.3 Å². The Labute approximate surface area is 146 Å². The highest BCUT2D eigenvalue weighted by Crippen LogP contribution is 2.37. The van der Waals surface area contributed by atoms with E-state index in [1.54, 1.807) is 34.1 Å². The van der Waals surface area contributed by atoms with Gasteiger partial charge in [-0.05, 0) is 35.2 Å². The fraction of sp³-hybridized carbons (Fsp3) is 0.250. The third-order valence-electron chi connectivity index (χ3n) is 3.15. The Hall–Kier alpha value is -1.70. The smallest absolute Gasteiger partial charge is 0.348 e. The van der Waals surface area contributed by atoms with Gasteiger partial charge in [-0.2, -0.15) is 0 Å². The maximum atomic E-state index is 11.2. The van der Waals surface area contributed by atoms with Gasteiger partial charge in [-0.15, -0.1) is 34.0 Å². The number of carbonyl (C=O) groups is 1. The molecule has 0 saturated heterocycles. The molecule has 0 atom stereocenters. The number of hydrogen-bond acceptors (Lipinski definition) is 6. The minimum atomic E-state index is -0.917. The van der Waals surface area contributed by atoms with Crippen LogP contribution >= 0.6 is 34.0 Å². The van der Waals surface area contributed by atoms with Gasteiger partial charge in [0.1, 0.15) is 4.88 Å². The van der Waals surface area contributed by atoms with Crippen LogP contribution < -0.4 is 5.32 Å². The van der Waals surface area contributed by atoms with Crippen LogP contribution in [-0.4, -0.2) is 16.1 Å². The van der Waals surface area contributed by atoms with E-state index in [1.165, 1.54) is 16.2 Å². The quantitative estimate of drug-likeness (QED) is 0.600. The van der Waals surface area contributed by atoms with Gasteiger partial charge in [0.15, 0.2) is 5.13 Å². The lowest BCUT2D eigenvalue weighted by molar-refractivity contribution is 0.0703.